The summed E-state index contributed by atoms with van der Waals surface area (Å²) in [7, 11) is 0. The van der Waals surface area contributed by atoms with Gasteiger partial charge in [-0.3, -0.25) is 0 Å². The first-order valence-corrected chi connectivity index (χ1v) is 3.25. The van der Waals surface area contributed by atoms with E-state index in [-0.39, 0.29) is 0 Å². The van der Waals surface area contributed by atoms with Gasteiger partial charge >= 0.3 is 0 Å². The highest BCUT2D eigenvalue weighted by Gasteiger charge is 1.68. The summed E-state index contributed by atoms with van der Waals surface area (Å²) in [6.45, 7) is 0. The van der Waals surface area contributed by atoms with Crippen molar-refractivity contribution in [2.24, 2.45) is 0 Å². The summed E-state index contributed by atoms with van der Waals surface area (Å²) < 4.78 is 12.0. The van der Waals surface area contributed by atoms with E-state index in [4.69, 9.17) is 0 Å². The molecule has 0 aromatic carbocycles. The van der Waals surface area contributed by atoms with Crippen LogP contribution in [-0.4, -0.2) is 4.43 Å². The maximum atomic E-state index is 11.0. The van der Waals surface area contributed by atoms with Crippen molar-refractivity contribution in [3.05, 3.63) is 12.4 Å². The van der Waals surface area contributed by atoms with Crippen molar-refractivity contribution < 1.29 is 4.39 Å². The zero-order valence-corrected chi connectivity index (χ0v) is 5.48. The molecule has 0 aromatic heterocycles. The second-order valence-corrected chi connectivity index (χ2v) is 1.92. The van der Waals surface area contributed by atoms with Gasteiger partial charge in [-0.25, -0.2) is 4.39 Å². The molecule has 0 spiro atoms. The third kappa shape index (κ3) is 4.40. The largest absolute Gasteiger partial charge is 0.216 e. The summed E-state index contributed by atoms with van der Waals surface area (Å²) in [5.74, 6) is 0. The van der Waals surface area contributed by atoms with Gasteiger partial charge in [0, 0.05) is 4.43 Å². The molecule has 0 N–H and O–H groups in total. The number of halogens is 2. The third-order valence-electron chi connectivity index (χ3n) is 0.365. The molecule has 0 heterocycles. The number of hydrogen-bond donors (Lipinski definition) is 0. The van der Waals surface area contributed by atoms with Crippen LogP contribution in [0, 0.1) is 0 Å². The van der Waals surface area contributed by atoms with Crippen LogP contribution < -0.4 is 0 Å². The summed E-state index contributed by atoms with van der Waals surface area (Å²) in [5.41, 5.74) is 0. The molecular formula is C4H6FI. The maximum absolute atomic E-state index is 11.0. The maximum Gasteiger partial charge on any atom is 0.0827 e. The predicted molar refractivity (Wildman–Crippen MR) is 33.8 cm³/mol. The fourth-order valence-electron chi connectivity index (χ4n) is 0.126. The lowest BCUT2D eigenvalue weighted by molar-refractivity contribution is 0.716. The normalized spacial score (nSPS) is 10.3. The van der Waals surface area contributed by atoms with E-state index in [1.165, 1.54) is 6.08 Å². The smallest absolute Gasteiger partial charge is 0.0827 e. The van der Waals surface area contributed by atoms with Crippen LogP contribution in [0.1, 0.15) is 6.42 Å². The van der Waals surface area contributed by atoms with Crippen molar-refractivity contribution in [1.29, 1.82) is 0 Å². The van der Waals surface area contributed by atoms with E-state index in [0.29, 0.717) is 6.33 Å². The number of allylic oxidation sites excluding steroid dienone is 1. The minimum Gasteiger partial charge on any atom is -0.216 e. The van der Waals surface area contributed by atoms with Gasteiger partial charge in [-0.15, -0.1) is 0 Å². The average Bonchev–Trinajstić information content (AvgIpc) is 1.61. The summed E-state index contributed by atoms with van der Waals surface area (Å²) in [6, 6.07) is 0. The molecular weight excluding hydrogens is 194 g/mol. The van der Waals surface area contributed by atoms with Crippen LogP contribution in [0.15, 0.2) is 12.4 Å². The molecule has 0 aliphatic heterocycles. The Kier molecular flexibility index (Phi) is 5.76. The van der Waals surface area contributed by atoms with Crippen molar-refractivity contribution in [3.63, 3.8) is 0 Å². The Bertz CT molecular complexity index is 42.8. The molecule has 0 bridgehead atoms. The second-order valence-electron chi connectivity index (χ2n) is 0.839. The third-order valence-corrected chi connectivity index (χ3v) is 0.988. The van der Waals surface area contributed by atoms with Crippen LogP contribution in [0.5, 0.6) is 0 Å². The fraction of sp³-hybridized carbons (Fsp3) is 0.500. The van der Waals surface area contributed by atoms with Gasteiger partial charge in [-0.05, 0) is 6.42 Å². The van der Waals surface area contributed by atoms with E-state index >= 15 is 0 Å². The van der Waals surface area contributed by atoms with Gasteiger partial charge in [-0.2, -0.15) is 0 Å². The van der Waals surface area contributed by atoms with Gasteiger partial charge in [0.15, 0.2) is 0 Å². The summed E-state index contributed by atoms with van der Waals surface area (Å²) in [6.07, 6.45) is 2.93. The minimum absolute atomic E-state index is 0.582. The molecule has 0 saturated heterocycles. The number of alkyl halides is 1. The van der Waals surface area contributed by atoms with E-state index in [1.807, 2.05) is 0 Å². The summed E-state index contributed by atoms with van der Waals surface area (Å²) >= 11 is 2.19. The highest BCUT2D eigenvalue weighted by atomic mass is 127. The Morgan fingerprint density at radius 3 is 2.50 bits per heavy atom. The standard InChI is InChI=1S/C4H6FI/c5-3-1-2-4-6/h1,3H,2,4H2/b3-1-. The van der Waals surface area contributed by atoms with E-state index in [0.717, 1.165) is 10.8 Å². The van der Waals surface area contributed by atoms with Crippen LogP contribution in [0.4, 0.5) is 4.39 Å². The highest BCUT2D eigenvalue weighted by Crippen LogP contribution is 1.88. The van der Waals surface area contributed by atoms with Crippen molar-refractivity contribution in [2.45, 2.75) is 6.42 Å². The molecule has 0 rings (SSSR count). The van der Waals surface area contributed by atoms with E-state index < -0.39 is 0 Å². The van der Waals surface area contributed by atoms with Crippen molar-refractivity contribution in [1.82, 2.24) is 0 Å². The first kappa shape index (κ1) is 6.40. The first-order chi connectivity index (χ1) is 2.91. The van der Waals surface area contributed by atoms with Gasteiger partial charge < -0.3 is 0 Å². The Morgan fingerprint density at radius 2 is 2.33 bits per heavy atom. The van der Waals surface area contributed by atoms with Gasteiger partial charge in [0.25, 0.3) is 0 Å². The second kappa shape index (κ2) is 5.40. The Hall–Kier alpha value is 0.400. The molecule has 0 nitrogen and oxygen atoms in total. The van der Waals surface area contributed by atoms with Crippen LogP contribution in [0.2, 0.25) is 0 Å². The summed E-state index contributed by atoms with van der Waals surface area (Å²) in [5, 5.41) is 0. The topological polar surface area (TPSA) is 0 Å². The van der Waals surface area contributed by atoms with Gasteiger partial charge in [0.05, 0.1) is 6.33 Å². The van der Waals surface area contributed by atoms with E-state index in [9.17, 15) is 4.39 Å². The average molecular weight is 200 g/mol. The monoisotopic (exact) mass is 200 g/mol. The molecule has 0 amide bonds. The lowest BCUT2D eigenvalue weighted by atomic mass is 10.5. The predicted octanol–water partition coefficient (Wildman–Crippen LogP) is 2.29. The molecule has 2 heteroatoms. The Morgan fingerprint density at radius 1 is 1.67 bits per heavy atom. The Balaban J connectivity index is 2.66. The molecule has 0 aromatic rings. The molecule has 0 radical (unpaired) electrons. The van der Waals surface area contributed by atoms with Crippen molar-refractivity contribution in [3.8, 4) is 0 Å². The zero-order valence-electron chi connectivity index (χ0n) is 3.32. The van der Waals surface area contributed by atoms with Gasteiger partial charge in [-0.1, -0.05) is 28.7 Å². The number of rotatable bonds is 2. The Labute approximate surface area is 50.6 Å². The van der Waals surface area contributed by atoms with Crippen molar-refractivity contribution in [2.75, 3.05) is 4.43 Å². The minimum atomic E-state index is 0.582. The number of hydrogen-bond acceptors (Lipinski definition) is 0. The molecule has 36 valence electrons. The molecule has 0 aliphatic rings. The fourth-order valence-corrected chi connectivity index (χ4v) is 0.486. The molecule has 6 heavy (non-hydrogen) atoms. The zero-order chi connectivity index (χ0) is 4.83. The van der Waals surface area contributed by atoms with Gasteiger partial charge in [0.2, 0.25) is 0 Å². The quantitative estimate of drug-likeness (QED) is 0.473. The van der Waals surface area contributed by atoms with Crippen LogP contribution in [0.25, 0.3) is 0 Å². The molecule has 0 unspecified atom stereocenters. The lowest BCUT2D eigenvalue weighted by Gasteiger charge is -1.73. The molecule has 0 saturated carbocycles. The van der Waals surface area contributed by atoms with Crippen LogP contribution >= 0.6 is 22.6 Å². The molecule has 0 aliphatic carbocycles. The van der Waals surface area contributed by atoms with Crippen LogP contribution in [-0.2, 0) is 0 Å². The first-order valence-electron chi connectivity index (χ1n) is 1.73. The molecule has 0 atom stereocenters. The van der Waals surface area contributed by atoms with Gasteiger partial charge in [0.1, 0.15) is 0 Å². The molecule has 0 fully saturated rings. The van der Waals surface area contributed by atoms with E-state index in [2.05, 4.69) is 22.6 Å². The van der Waals surface area contributed by atoms with Crippen LogP contribution in [0.3, 0.4) is 0 Å². The summed E-state index contributed by atoms with van der Waals surface area (Å²) in [4.78, 5) is 0. The van der Waals surface area contributed by atoms with E-state index in [1.54, 1.807) is 0 Å². The SMILES string of the molecule is F/C=C\CCI. The highest BCUT2D eigenvalue weighted by molar-refractivity contribution is 14.1. The van der Waals surface area contributed by atoms with Crippen molar-refractivity contribution >= 4 is 22.6 Å². The lowest BCUT2D eigenvalue weighted by Crippen LogP contribution is -1.60.